The number of benzene rings is 3. The Morgan fingerprint density at radius 1 is 0.388 bits per heavy atom. The average molecular weight is 2020 g/mol. The second kappa shape index (κ2) is 44.4. The van der Waals surface area contributed by atoms with Gasteiger partial charge in [0, 0.05) is 79.8 Å². The molecule has 139 heavy (non-hydrogen) atoms. The van der Waals surface area contributed by atoms with Crippen LogP contribution in [0.2, 0.25) is 0 Å². The Morgan fingerprint density at radius 2 is 0.734 bits per heavy atom. The van der Waals surface area contributed by atoms with Crippen LogP contribution in [0.4, 0.5) is 14.4 Å². The first-order valence-corrected chi connectivity index (χ1v) is 51.0. The van der Waals surface area contributed by atoms with Crippen molar-refractivity contribution < 1.29 is 141 Å². The maximum Gasteiger partial charge on any atom is 0.408 e. The smallest absolute Gasteiger partial charge is 0.408 e. The first-order chi connectivity index (χ1) is 65.1. The Kier molecular flexibility index (Phi) is 33.9. The third-order valence-corrected chi connectivity index (χ3v) is 31.1. The number of ether oxygens (including phenoxy) is 9. The molecule has 3 N–H and O–H groups in total. The SMILES string of the molecule is CC[C@@H]1[C@@H]2CN(C(=O)[C@H](C(C)(C)C)NC(=O)O[C@@H]3CC4CC4[C@H]3CCCCCc3nc4ccc(OC5CC5)cc4nc3O2)[C@@H]1[C-]=O.CC[C@@H]1[C@@H]2CN(C(=O)[C@H](C(C)(C)C)NC(=O)O[C@]3(C)CCC[C@H]3CCCCCc3nc4ccc(OC5CC5)cc4nc3O2)[C@@H]1[C-]=O.CC[C@@H]1[C@@H]2CN(C(=O)[C@H](C(C)(C)C)NC(=O)O[C@]3(C)C[C@H]3CCCCCc3nc4ccc(OC5CC5)cc4nc3O2)[C@@H]1[C-]=O.[V].[V].[V]. The number of amides is 6. The summed E-state index contributed by atoms with van der Waals surface area (Å²) in [7, 11) is 0. The van der Waals surface area contributed by atoms with E-state index in [1.165, 1.54) is 21.1 Å². The number of aromatic nitrogens is 6. The average Bonchev–Trinajstić information content (AvgIpc) is 1.86. The van der Waals surface area contributed by atoms with E-state index in [1.54, 1.807) is 0 Å². The Balaban J connectivity index is 0.000000164. The van der Waals surface area contributed by atoms with Crippen molar-refractivity contribution in [3.8, 4) is 34.9 Å². The normalized spacial score (nSPS) is 31.3. The first-order valence-electron chi connectivity index (χ1n) is 51.0. The summed E-state index contributed by atoms with van der Waals surface area (Å²) < 4.78 is 56.1. The van der Waals surface area contributed by atoms with Gasteiger partial charge in [0.15, 0.2) is 0 Å². The molecule has 6 aromatic rings. The summed E-state index contributed by atoms with van der Waals surface area (Å²) in [4.78, 5) is 154. The number of alkyl carbamates (subject to hydrolysis) is 3. The van der Waals surface area contributed by atoms with E-state index in [0.717, 1.165) is 199 Å². The Hall–Kier alpha value is -8.54. The number of aryl methyl sites for hydroxylation is 3. The molecule has 13 aliphatic rings. The number of hydrogen-bond donors (Lipinski definition) is 3. The summed E-state index contributed by atoms with van der Waals surface area (Å²) in [5.41, 5.74) is 3.76. The summed E-state index contributed by atoms with van der Waals surface area (Å²) in [6.45, 7) is 27.6. The molecule has 6 aliphatic heterocycles. The van der Waals surface area contributed by atoms with E-state index in [2.05, 4.69) is 34.8 Å². The number of nitrogens with zero attached hydrogens (tertiary/aromatic N) is 9. The van der Waals surface area contributed by atoms with Gasteiger partial charge in [-0.15, -0.1) is 0 Å². The zero-order valence-electron chi connectivity index (χ0n) is 83.4. The predicted molar refractivity (Wildman–Crippen MR) is 509 cm³/mol. The fourth-order valence-electron chi connectivity index (χ4n) is 22.4. The van der Waals surface area contributed by atoms with Crippen LogP contribution in [-0.4, -0.2) is 209 Å². The number of fused-ring (bicyclic) bond motifs is 17. The Bertz CT molecular complexity index is 5300. The predicted octanol–water partition coefficient (Wildman–Crippen LogP) is 16.9. The van der Waals surface area contributed by atoms with E-state index in [0.29, 0.717) is 96.4 Å². The summed E-state index contributed by atoms with van der Waals surface area (Å²) >= 11 is 0. The number of nitrogens with one attached hydrogen (secondary N) is 3. The largest absolute Gasteiger partial charge is 0.540 e. The Morgan fingerprint density at radius 3 is 1.09 bits per heavy atom. The van der Waals surface area contributed by atoms with Crippen molar-refractivity contribution in [1.82, 2.24) is 60.6 Å². The number of hydrogen-bond acceptors (Lipinski definition) is 24. The van der Waals surface area contributed by atoms with Gasteiger partial charge in [-0.2, -0.15) is 0 Å². The van der Waals surface area contributed by atoms with Crippen molar-refractivity contribution in [2.45, 2.75) is 380 Å². The number of carbonyl (C=O) groups excluding carboxylic acids is 9. The van der Waals surface area contributed by atoms with E-state index in [-0.39, 0.29) is 141 Å². The van der Waals surface area contributed by atoms with Crippen molar-refractivity contribution in [1.29, 1.82) is 0 Å². The van der Waals surface area contributed by atoms with Crippen LogP contribution < -0.4 is 44.4 Å². The van der Waals surface area contributed by atoms with Crippen molar-refractivity contribution in [3.05, 3.63) is 71.7 Å². The molecule has 6 amide bonds. The zero-order valence-corrected chi connectivity index (χ0v) is 87.6. The van der Waals surface area contributed by atoms with Crippen molar-refractivity contribution in [2.24, 2.45) is 63.6 Å². The molecule has 33 heteroatoms. The molecule has 2 unspecified atom stereocenters. The van der Waals surface area contributed by atoms with Gasteiger partial charge in [-0.3, -0.25) is 14.4 Å². The fourth-order valence-corrected chi connectivity index (χ4v) is 22.4. The van der Waals surface area contributed by atoms with Gasteiger partial charge in [-0.05, 0) is 243 Å². The Labute approximate surface area is 853 Å². The van der Waals surface area contributed by atoms with Gasteiger partial charge in [0.05, 0.1) is 71.0 Å². The van der Waals surface area contributed by atoms with E-state index < -0.39 is 100 Å². The van der Waals surface area contributed by atoms with Gasteiger partial charge < -0.3 is 87.7 Å². The molecule has 3 aromatic carbocycles. The van der Waals surface area contributed by atoms with Crippen LogP contribution in [0, 0.1) is 63.6 Å². The first kappa shape index (κ1) is 106. The van der Waals surface area contributed by atoms with Gasteiger partial charge in [-0.1, -0.05) is 159 Å². The summed E-state index contributed by atoms with van der Waals surface area (Å²) in [5, 5.41) is 8.68. The maximum absolute atomic E-state index is 14.3. The summed E-state index contributed by atoms with van der Waals surface area (Å²) in [6, 6.07) is 12.3. The molecule has 30 nitrogen and oxygen atoms in total. The van der Waals surface area contributed by atoms with E-state index in [4.69, 9.17) is 72.5 Å². The maximum atomic E-state index is 14.3. The van der Waals surface area contributed by atoms with Crippen LogP contribution in [0.25, 0.3) is 33.1 Å². The van der Waals surface area contributed by atoms with Crippen LogP contribution in [0.15, 0.2) is 54.6 Å². The molecule has 751 valence electrons. The zero-order chi connectivity index (χ0) is 96.0. The molecule has 20 atom stereocenters. The molecule has 6 bridgehead atoms. The molecule has 3 radical (unpaired) electrons. The van der Waals surface area contributed by atoms with Gasteiger partial charge in [0.1, 0.15) is 88.1 Å². The molecule has 19 rings (SSSR count). The molecule has 0 spiro atoms. The second-order valence-electron chi connectivity index (χ2n) is 44.7. The van der Waals surface area contributed by atoms with Crippen LogP contribution >= 0.6 is 0 Å². The van der Waals surface area contributed by atoms with Gasteiger partial charge in [-0.25, -0.2) is 63.1 Å². The van der Waals surface area contributed by atoms with Crippen LogP contribution in [-0.2, 0) is 118 Å². The topological polar surface area (TPSA) is 360 Å². The minimum atomic E-state index is -0.907. The van der Waals surface area contributed by atoms with Gasteiger partial charge in [0.2, 0.25) is 35.4 Å². The standard InChI is InChI=1S/C36H47N4O6.C36H49N4O6.C34H45N4O6.3V/c1-5-23-29(19-41)40-18-31(23)45-33-27(37-26-14-13-22(17-28(26)38-33)44-21-11-12-21)10-8-6-7-9-24-25-15-20(25)16-30(24)46-35(43)39-32(34(40)42)36(2,3)4;1-6-25-29(21-41)40-20-30(25)45-32-27(37-26-17-16-24(19-28(26)38-32)44-23-14-15-23)13-9-7-8-11-22-12-10-18-36(22,5)46-34(43)39-31(33(40)42)35(2,3)4;1-6-23-27(19-39)38-18-28(23)43-30-25(35-24-15-14-22(16-26(24)36-30)42-21-12-13-21)11-9-7-8-10-20-17-34(20,5)44-32(41)37-29(31(38)40)33(2,3)4;;;/h13-14,17,20-21,23-25,29-32H,5-12,15-16,18H2,1-4H3,(H,39,43);16-17,19,22-23,25,29-31H,6-15,18,20H2,1-5H3,(H,39,43);14-16,20-21,23,27-29H,6-13,17-18H2,1-5H3,(H,37,41);;;/q3*-1;;;/t20?,23-,24+,25?,29+,30+,31-,32+;22-,25+,29-,30+,31-,36-;20-,23+,27-,28+,29-,34-;;;/m011.../s1. The van der Waals surface area contributed by atoms with Gasteiger partial charge >= 0.3 is 18.3 Å². The minimum absolute atomic E-state index is 0. The molecule has 7 aliphatic carbocycles. The monoisotopic (exact) mass is 2020 g/mol. The van der Waals surface area contributed by atoms with Crippen molar-refractivity contribution in [2.75, 3.05) is 19.6 Å². The number of carbonyl (C=O) groups is 6. The van der Waals surface area contributed by atoms with Crippen molar-refractivity contribution >= 4 is 88.0 Å². The minimum Gasteiger partial charge on any atom is -0.540 e. The van der Waals surface area contributed by atoms with E-state index in [9.17, 15) is 43.2 Å². The number of rotatable bonds is 12. The summed E-state index contributed by atoms with van der Waals surface area (Å²) in [5.74, 6) is 3.87. The molecule has 10 fully saturated rings. The van der Waals surface area contributed by atoms with E-state index >= 15 is 0 Å². The van der Waals surface area contributed by atoms with Crippen LogP contribution in [0.3, 0.4) is 0 Å². The quantitative estimate of drug-likeness (QED) is 0.0756. The van der Waals surface area contributed by atoms with Crippen LogP contribution in [0.1, 0.15) is 287 Å². The third kappa shape index (κ3) is 24.8. The molecule has 7 saturated carbocycles. The van der Waals surface area contributed by atoms with Crippen molar-refractivity contribution in [3.63, 3.8) is 0 Å². The van der Waals surface area contributed by atoms with Gasteiger partial charge in [0.25, 0.3) is 0 Å². The molecular formula is C106H141N12O18V3-3. The van der Waals surface area contributed by atoms with E-state index in [1.807, 2.05) is 152 Å². The molecule has 3 saturated heterocycles. The second-order valence-corrected chi connectivity index (χ2v) is 44.7. The van der Waals surface area contributed by atoms with Crippen LogP contribution in [0.5, 0.6) is 34.9 Å². The summed E-state index contributed by atoms with van der Waals surface area (Å²) in [6.07, 6.45) is 31.7. The third-order valence-electron chi connectivity index (χ3n) is 31.1. The molecular weight excluding hydrogens is 1880 g/mol. The molecule has 9 heterocycles. The fraction of sp³-hybridized carbons (Fsp3) is 0.689. The molecule has 3 aromatic heterocycles.